The number of hydrogen-bond donors (Lipinski definition) is 0. The van der Waals surface area contributed by atoms with Gasteiger partial charge in [0.05, 0.1) is 0 Å². The van der Waals surface area contributed by atoms with Crippen molar-refractivity contribution in [1.82, 2.24) is 19.6 Å². The number of aromatic nitrogens is 4. The lowest BCUT2D eigenvalue weighted by molar-refractivity contribution is 0.623. The maximum absolute atomic E-state index is 5.93. The normalized spacial score (nSPS) is 11.5. The number of hydrogen-bond acceptors (Lipinski definition) is 4. The van der Waals surface area contributed by atoms with Gasteiger partial charge in [0, 0.05) is 11.5 Å². The fourth-order valence-electron chi connectivity index (χ4n) is 2.30. The van der Waals surface area contributed by atoms with Crippen molar-refractivity contribution < 1.29 is 4.42 Å². The summed E-state index contributed by atoms with van der Waals surface area (Å²) >= 11 is 5.93. The van der Waals surface area contributed by atoms with Crippen LogP contribution in [0.2, 0.25) is 5.15 Å². The largest absolute Gasteiger partial charge is 0.453 e. The molecule has 1 aromatic carbocycles. The minimum atomic E-state index is 0.401. The number of nitrogens with zero attached hydrogens (tertiary/aromatic N) is 4. The van der Waals surface area contributed by atoms with Gasteiger partial charge in [-0.1, -0.05) is 29.8 Å². The van der Waals surface area contributed by atoms with E-state index in [1.54, 1.807) is 6.07 Å². The van der Waals surface area contributed by atoms with Crippen LogP contribution in [0.5, 0.6) is 0 Å². The van der Waals surface area contributed by atoms with Gasteiger partial charge in [-0.15, -0.1) is 10.2 Å². The van der Waals surface area contributed by atoms with Gasteiger partial charge in [0.1, 0.15) is 16.6 Å². The molecule has 98 valence electrons. The molecule has 0 atom stereocenters. The number of rotatable bonds is 1. The van der Waals surface area contributed by atoms with Crippen molar-refractivity contribution in [3.8, 4) is 11.6 Å². The minimum absolute atomic E-state index is 0.401. The van der Waals surface area contributed by atoms with Crippen molar-refractivity contribution in [1.29, 1.82) is 0 Å². The molecular formula is C14H9ClN4O. The van der Waals surface area contributed by atoms with Crippen molar-refractivity contribution in [3.63, 3.8) is 0 Å². The van der Waals surface area contributed by atoms with E-state index in [0.717, 1.165) is 11.0 Å². The Morgan fingerprint density at radius 2 is 2.00 bits per heavy atom. The van der Waals surface area contributed by atoms with Crippen LogP contribution >= 0.6 is 11.6 Å². The average Bonchev–Trinajstić information content (AvgIpc) is 3.00. The summed E-state index contributed by atoms with van der Waals surface area (Å²) in [5.74, 6) is 2.00. The van der Waals surface area contributed by atoms with Crippen molar-refractivity contribution in [2.45, 2.75) is 6.92 Å². The van der Waals surface area contributed by atoms with E-state index in [0.29, 0.717) is 28.2 Å². The van der Waals surface area contributed by atoms with Gasteiger partial charge in [0.25, 0.3) is 0 Å². The predicted molar refractivity (Wildman–Crippen MR) is 75.7 cm³/mol. The molecule has 20 heavy (non-hydrogen) atoms. The summed E-state index contributed by atoms with van der Waals surface area (Å²) in [6.07, 6.45) is 0. The maximum atomic E-state index is 5.93. The first-order valence-electron chi connectivity index (χ1n) is 6.09. The Morgan fingerprint density at radius 3 is 2.85 bits per heavy atom. The van der Waals surface area contributed by atoms with Gasteiger partial charge in [-0.2, -0.15) is 0 Å². The molecule has 0 unspecified atom stereocenters. The summed E-state index contributed by atoms with van der Waals surface area (Å²) in [7, 11) is 0. The van der Waals surface area contributed by atoms with Gasteiger partial charge >= 0.3 is 0 Å². The highest BCUT2D eigenvalue weighted by atomic mass is 35.5. The van der Waals surface area contributed by atoms with E-state index in [-0.39, 0.29) is 0 Å². The number of fused-ring (bicyclic) bond motifs is 2. The Bertz CT molecular complexity index is 908. The molecular weight excluding hydrogens is 276 g/mol. The molecule has 0 saturated carbocycles. The highest BCUT2D eigenvalue weighted by molar-refractivity contribution is 6.29. The molecule has 4 aromatic rings. The van der Waals surface area contributed by atoms with Gasteiger partial charge in [-0.05, 0) is 19.1 Å². The van der Waals surface area contributed by atoms with Crippen LogP contribution in [0.4, 0.5) is 0 Å². The van der Waals surface area contributed by atoms with Crippen molar-refractivity contribution in [2.24, 2.45) is 0 Å². The summed E-state index contributed by atoms with van der Waals surface area (Å²) in [6, 6.07) is 11.4. The monoisotopic (exact) mass is 284 g/mol. The van der Waals surface area contributed by atoms with Crippen LogP contribution < -0.4 is 0 Å². The van der Waals surface area contributed by atoms with Crippen molar-refractivity contribution >= 4 is 28.2 Å². The maximum Gasteiger partial charge on any atom is 0.205 e. The molecule has 0 spiro atoms. The second-order valence-corrected chi connectivity index (χ2v) is 4.88. The molecule has 0 saturated heterocycles. The van der Waals surface area contributed by atoms with Crippen molar-refractivity contribution in [2.75, 3.05) is 0 Å². The standard InChI is InChI=1S/C14H9ClN4O/c1-8-16-12(15)7-13-17-18-14(19(8)13)11-6-9-4-2-3-5-10(9)20-11/h2-7H,1H3. The number of para-hydroxylation sites is 1. The predicted octanol–water partition coefficient (Wildman–Crippen LogP) is 3.50. The molecule has 0 fully saturated rings. The average molecular weight is 285 g/mol. The Balaban J connectivity index is 2.02. The fraction of sp³-hybridized carbons (Fsp3) is 0.0714. The van der Waals surface area contributed by atoms with Gasteiger partial charge in [-0.25, -0.2) is 4.98 Å². The molecule has 0 amide bonds. The number of halogens is 1. The molecule has 4 rings (SSSR count). The smallest absolute Gasteiger partial charge is 0.205 e. The second kappa shape index (κ2) is 4.05. The van der Waals surface area contributed by atoms with E-state index in [9.17, 15) is 0 Å². The van der Waals surface area contributed by atoms with Crippen LogP contribution in [0.1, 0.15) is 5.82 Å². The van der Waals surface area contributed by atoms with Gasteiger partial charge < -0.3 is 4.42 Å². The lowest BCUT2D eigenvalue weighted by Gasteiger charge is -2.01. The van der Waals surface area contributed by atoms with E-state index in [1.165, 1.54) is 0 Å². The summed E-state index contributed by atoms with van der Waals surface area (Å²) < 4.78 is 7.64. The number of aryl methyl sites for hydroxylation is 1. The molecule has 0 aliphatic carbocycles. The topological polar surface area (TPSA) is 56.2 Å². The van der Waals surface area contributed by atoms with Crippen LogP contribution in [-0.4, -0.2) is 19.6 Å². The summed E-state index contributed by atoms with van der Waals surface area (Å²) in [5, 5.41) is 9.73. The zero-order valence-electron chi connectivity index (χ0n) is 10.5. The van der Waals surface area contributed by atoms with E-state index in [2.05, 4.69) is 15.2 Å². The molecule has 3 heterocycles. The van der Waals surface area contributed by atoms with Gasteiger partial charge in [0.2, 0.25) is 5.82 Å². The fourth-order valence-corrected chi connectivity index (χ4v) is 2.52. The SMILES string of the molecule is Cc1nc(Cl)cc2nnc(-c3cc4ccccc4o3)n12. The van der Waals surface area contributed by atoms with Crippen molar-refractivity contribution in [3.05, 3.63) is 47.4 Å². The molecule has 0 N–H and O–H groups in total. The first-order valence-corrected chi connectivity index (χ1v) is 6.47. The molecule has 5 nitrogen and oxygen atoms in total. The van der Waals surface area contributed by atoms with Crippen LogP contribution in [0, 0.1) is 6.92 Å². The van der Waals surface area contributed by atoms with Crippen LogP contribution in [0.15, 0.2) is 40.8 Å². The first-order chi connectivity index (χ1) is 9.72. The lowest BCUT2D eigenvalue weighted by atomic mass is 10.2. The number of furan rings is 1. The lowest BCUT2D eigenvalue weighted by Crippen LogP contribution is -1.97. The summed E-state index contributed by atoms with van der Waals surface area (Å²) in [4.78, 5) is 4.22. The van der Waals surface area contributed by atoms with E-state index in [4.69, 9.17) is 16.0 Å². The molecule has 0 bridgehead atoms. The highest BCUT2D eigenvalue weighted by Crippen LogP contribution is 2.27. The Hall–Kier alpha value is -2.40. The molecule has 3 aromatic heterocycles. The van der Waals surface area contributed by atoms with E-state index < -0.39 is 0 Å². The van der Waals surface area contributed by atoms with Crippen LogP contribution in [0.3, 0.4) is 0 Å². The van der Waals surface area contributed by atoms with Gasteiger partial charge in [0.15, 0.2) is 11.4 Å². The Labute approximate surface area is 118 Å². The zero-order valence-corrected chi connectivity index (χ0v) is 11.3. The number of benzene rings is 1. The van der Waals surface area contributed by atoms with Crippen LogP contribution in [-0.2, 0) is 0 Å². The second-order valence-electron chi connectivity index (χ2n) is 4.49. The molecule has 0 aliphatic heterocycles. The first kappa shape index (κ1) is 11.4. The molecule has 0 radical (unpaired) electrons. The third-order valence-corrected chi connectivity index (χ3v) is 3.37. The quantitative estimate of drug-likeness (QED) is 0.502. The highest BCUT2D eigenvalue weighted by Gasteiger charge is 2.15. The summed E-state index contributed by atoms with van der Waals surface area (Å²) in [6.45, 7) is 1.86. The zero-order chi connectivity index (χ0) is 13.7. The Kier molecular flexibility index (Phi) is 2.31. The van der Waals surface area contributed by atoms with Gasteiger partial charge in [-0.3, -0.25) is 4.40 Å². The van der Waals surface area contributed by atoms with Crippen LogP contribution in [0.25, 0.3) is 28.2 Å². The third kappa shape index (κ3) is 1.60. The molecule has 6 heteroatoms. The van der Waals surface area contributed by atoms with E-state index in [1.807, 2.05) is 41.7 Å². The van der Waals surface area contributed by atoms with E-state index >= 15 is 0 Å². The summed E-state index contributed by atoms with van der Waals surface area (Å²) in [5.41, 5.74) is 1.47. The minimum Gasteiger partial charge on any atom is -0.453 e. The third-order valence-electron chi connectivity index (χ3n) is 3.17. The Morgan fingerprint density at radius 1 is 1.15 bits per heavy atom. The molecule has 0 aliphatic rings.